The molecular weight excluding hydrogens is 209 g/mol. The van der Waals surface area contributed by atoms with E-state index >= 15 is 0 Å². The number of hydrogen-bond donors (Lipinski definition) is 1. The molecule has 0 aliphatic heterocycles. The molecule has 0 fully saturated rings. The standard InChI is InChI=1S/C12H18FNS/c1-3-10(14)7-9-5-6-12(15-4-2)11(13)8-9/h5-6,8,10H,3-4,7,14H2,1-2H3. The minimum atomic E-state index is -0.123. The molecule has 0 amide bonds. The summed E-state index contributed by atoms with van der Waals surface area (Å²) >= 11 is 1.53. The lowest BCUT2D eigenvalue weighted by Gasteiger charge is -2.09. The monoisotopic (exact) mass is 227 g/mol. The van der Waals surface area contributed by atoms with E-state index in [1.165, 1.54) is 11.8 Å². The highest BCUT2D eigenvalue weighted by atomic mass is 32.2. The first-order valence-corrected chi connectivity index (χ1v) is 6.32. The molecule has 0 bridgehead atoms. The van der Waals surface area contributed by atoms with Crippen LogP contribution in [0.5, 0.6) is 0 Å². The lowest BCUT2D eigenvalue weighted by molar-refractivity contribution is 0.593. The number of thioether (sulfide) groups is 1. The van der Waals surface area contributed by atoms with Crippen molar-refractivity contribution in [3.05, 3.63) is 29.6 Å². The SMILES string of the molecule is CCSc1ccc(CC(N)CC)cc1F. The van der Waals surface area contributed by atoms with Gasteiger partial charge in [-0.2, -0.15) is 0 Å². The number of nitrogens with two attached hydrogens (primary N) is 1. The highest BCUT2D eigenvalue weighted by Crippen LogP contribution is 2.22. The molecule has 3 heteroatoms. The molecule has 0 heterocycles. The first-order valence-electron chi connectivity index (χ1n) is 5.34. The molecule has 1 aromatic carbocycles. The quantitative estimate of drug-likeness (QED) is 0.782. The summed E-state index contributed by atoms with van der Waals surface area (Å²) in [6.07, 6.45) is 1.68. The fourth-order valence-corrected chi connectivity index (χ4v) is 2.06. The van der Waals surface area contributed by atoms with Crippen LogP contribution in [0.25, 0.3) is 0 Å². The van der Waals surface area contributed by atoms with Gasteiger partial charge in [0.25, 0.3) is 0 Å². The average molecular weight is 227 g/mol. The molecule has 2 N–H and O–H groups in total. The molecule has 1 atom stereocenters. The van der Waals surface area contributed by atoms with Gasteiger partial charge in [-0.3, -0.25) is 0 Å². The first kappa shape index (κ1) is 12.5. The van der Waals surface area contributed by atoms with Gasteiger partial charge in [-0.25, -0.2) is 4.39 Å². The largest absolute Gasteiger partial charge is 0.327 e. The van der Waals surface area contributed by atoms with Crippen molar-refractivity contribution in [2.75, 3.05) is 5.75 Å². The number of hydrogen-bond acceptors (Lipinski definition) is 2. The van der Waals surface area contributed by atoms with Crippen molar-refractivity contribution in [3.63, 3.8) is 0 Å². The van der Waals surface area contributed by atoms with Crippen LogP contribution in [0, 0.1) is 5.82 Å². The van der Waals surface area contributed by atoms with Crippen LogP contribution < -0.4 is 5.73 Å². The van der Waals surface area contributed by atoms with Gasteiger partial charge in [0.05, 0.1) is 0 Å². The predicted octanol–water partition coefficient (Wildman–Crippen LogP) is 3.22. The van der Waals surface area contributed by atoms with Crippen LogP contribution in [0.3, 0.4) is 0 Å². The third-order valence-corrected chi connectivity index (χ3v) is 3.25. The first-order chi connectivity index (χ1) is 7.17. The molecule has 0 radical (unpaired) electrons. The Kier molecular flexibility index (Phi) is 5.12. The van der Waals surface area contributed by atoms with Crippen LogP contribution >= 0.6 is 11.8 Å². The van der Waals surface area contributed by atoms with E-state index in [9.17, 15) is 4.39 Å². The summed E-state index contributed by atoms with van der Waals surface area (Å²) in [4.78, 5) is 0.728. The summed E-state index contributed by atoms with van der Waals surface area (Å²) < 4.78 is 13.5. The van der Waals surface area contributed by atoms with Crippen molar-refractivity contribution in [2.24, 2.45) is 5.73 Å². The average Bonchev–Trinajstić information content (AvgIpc) is 2.22. The van der Waals surface area contributed by atoms with Gasteiger partial charge < -0.3 is 5.73 Å². The second kappa shape index (κ2) is 6.13. The highest BCUT2D eigenvalue weighted by molar-refractivity contribution is 7.99. The maximum Gasteiger partial charge on any atom is 0.137 e. The van der Waals surface area contributed by atoms with Gasteiger partial charge in [0.2, 0.25) is 0 Å². The van der Waals surface area contributed by atoms with Crippen LogP contribution in [0.15, 0.2) is 23.1 Å². The van der Waals surface area contributed by atoms with E-state index in [-0.39, 0.29) is 11.9 Å². The summed E-state index contributed by atoms with van der Waals surface area (Å²) in [5.41, 5.74) is 6.81. The number of halogens is 1. The molecule has 0 aliphatic rings. The zero-order chi connectivity index (χ0) is 11.3. The number of rotatable bonds is 5. The second-order valence-electron chi connectivity index (χ2n) is 3.57. The second-order valence-corrected chi connectivity index (χ2v) is 4.88. The summed E-state index contributed by atoms with van der Waals surface area (Å²) in [6.45, 7) is 4.06. The van der Waals surface area contributed by atoms with Crippen LogP contribution in [0.2, 0.25) is 0 Å². The molecule has 1 aromatic rings. The zero-order valence-electron chi connectivity index (χ0n) is 9.29. The molecule has 1 nitrogen and oxygen atoms in total. The molecule has 0 aromatic heterocycles. The predicted molar refractivity (Wildman–Crippen MR) is 64.8 cm³/mol. The normalized spacial score (nSPS) is 12.8. The van der Waals surface area contributed by atoms with Gasteiger partial charge in [-0.1, -0.05) is 19.9 Å². The Balaban J connectivity index is 2.73. The summed E-state index contributed by atoms with van der Waals surface area (Å²) in [6, 6.07) is 5.56. The fourth-order valence-electron chi connectivity index (χ4n) is 1.39. The van der Waals surface area contributed by atoms with Gasteiger partial charge >= 0.3 is 0 Å². The van der Waals surface area contributed by atoms with E-state index in [0.29, 0.717) is 0 Å². The van der Waals surface area contributed by atoms with Crippen LogP contribution in [-0.4, -0.2) is 11.8 Å². The smallest absolute Gasteiger partial charge is 0.137 e. The summed E-state index contributed by atoms with van der Waals surface area (Å²) in [7, 11) is 0. The molecule has 0 saturated carbocycles. The van der Waals surface area contributed by atoms with Crippen LogP contribution in [-0.2, 0) is 6.42 Å². The van der Waals surface area contributed by atoms with E-state index in [1.807, 2.05) is 26.0 Å². The Hall–Kier alpha value is -0.540. The van der Waals surface area contributed by atoms with Gasteiger partial charge in [-0.15, -0.1) is 11.8 Å². The fraction of sp³-hybridized carbons (Fsp3) is 0.500. The lowest BCUT2D eigenvalue weighted by atomic mass is 10.0. The van der Waals surface area contributed by atoms with Crippen molar-refractivity contribution < 1.29 is 4.39 Å². The van der Waals surface area contributed by atoms with Crippen molar-refractivity contribution in [2.45, 2.75) is 37.6 Å². The Morgan fingerprint density at radius 2 is 2.13 bits per heavy atom. The molecule has 1 unspecified atom stereocenters. The maximum absolute atomic E-state index is 13.5. The van der Waals surface area contributed by atoms with Crippen molar-refractivity contribution in [3.8, 4) is 0 Å². The number of benzene rings is 1. The maximum atomic E-state index is 13.5. The third-order valence-electron chi connectivity index (χ3n) is 2.32. The van der Waals surface area contributed by atoms with Crippen LogP contribution in [0.1, 0.15) is 25.8 Å². The van der Waals surface area contributed by atoms with E-state index in [2.05, 4.69) is 0 Å². The molecule has 15 heavy (non-hydrogen) atoms. The summed E-state index contributed by atoms with van der Waals surface area (Å²) in [5, 5.41) is 0. The van der Waals surface area contributed by atoms with E-state index in [1.54, 1.807) is 6.07 Å². The van der Waals surface area contributed by atoms with Crippen LogP contribution in [0.4, 0.5) is 4.39 Å². The molecule has 0 saturated heterocycles. The third kappa shape index (κ3) is 3.84. The minimum absolute atomic E-state index is 0.123. The molecule has 0 spiro atoms. The van der Waals surface area contributed by atoms with Crippen molar-refractivity contribution in [1.82, 2.24) is 0 Å². The molecule has 0 aliphatic carbocycles. The lowest BCUT2D eigenvalue weighted by Crippen LogP contribution is -2.21. The molecule has 84 valence electrons. The van der Waals surface area contributed by atoms with E-state index in [0.717, 1.165) is 29.1 Å². The Labute approximate surface area is 95.2 Å². The van der Waals surface area contributed by atoms with E-state index in [4.69, 9.17) is 5.73 Å². The Bertz CT molecular complexity index is 314. The molecule has 1 rings (SSSR count). The van der Waals surface area contributed by atoms with Crippen molar-refractivity contribution >= 4 is 11.8 Å². The highest BCUT2D eigenvalue weighted by Gasteiger charge is 2.06. The summed E-state index contributed by atoms with van der Waals surface area (Å²) in [5.74, 6) is 0.771. The molecular formula is C12H18FNS. The van der Waals surface area contributed by atoms with Crippen molar-refractivity contribution in [1.29, 1.82) is 0 Å². The van der Waals surface area contributed by atoms with Gasteiger partial charge in [0.1, 0.15) is 5.82 Å². The Morgan fingerprint density at radius 1 is 1.40 bits per heavy atom. The van der Waals surface area contributed by atoms with Gasteiger partial charge in [0, 0.05) is 10.9 Å². The topological polar surface area (TPSA) is 26.0 Å². The zero-order valence-corrected chi connectivity index (χ0v) is 10.1. The van der Waals surface area contributed by atoms with E-state index < -0.39 is 0 Å². The van der Waals surface area contributed by atoms with Gasteiger partial charge in [-0.05, 0) is 36.3 Å². The minimum Gasteiger partial charge on any atom is -0.327 e. The Morgan fingerprint density at radius 3 is 2.67 bits per heavy atom. The van der Waals surface area contributed by atoms with Gasteiger partial charge in [0.15, 0.2) is 0 Å².